The van der Waals surface area contributed by atoms with Crippen LogP contribution in [0.25, 0.3) is 0 Å². The van der Waals surface area contributed by atoms with Gasteiger partial charge in [-0.1, -0.05) is 18.5 Å². The maximum atomic E-state index is 13.6. The van der Waals surface area contributed by atoms with Crippen LogP contribution < -0.4 is 0 Å². The van der Waals surface area contributed by atoms with Crippen molar-refractivity contribution in [3.05, 3.63) is 0 Å². The highest BCUT2D eigenvalue weighted by molar-refractivity contribution is 7.32. The Kier molecular flexibility index (Phi) is 4.00. The average molecular weight is 244 g/mol. The van der Waals surface area contributed by atoms with E-state index in [1.165, 1.54) is 7.85 Å². The van der Waals surface area contributed by atoms with Crippen molar-refractivity contribution in [3.63, 3.8) is 0 Å². The van der Waals surface area contributed by atoms with Crippen molar-refractivity contribution in [2.75, 3.05) is 6.61 Å². The molecule has 4 nitrogen and oxygen atoms in total. The Hall–Kier alpha value is 0.395. The second-order valence-corrected chi connectivity index (χ2v) is 4.76. The van der Waals surface area contributed by atoms with Crippen molar-refractivity contribution in [1.29, 1.82) is 0 Å². The molecule has 1 rings (SSSR count). The summed E-state index contributed by atoms with van der Waals surface area (Å²) in [6, 6.07) is -0.742. The standard InChI is InChI=1S/C6H12BClFO4P/c1-3-4(2-12-14(10)11)13-5(7)6(3,8)9/h3-5,14H,2,7H2,1H3,(H,10,11)/t3-,4-,5-,6-/m1/s1. The van der Waals surface area contributed by atoms with Crippen LogP contribution in [0.4, 0.5) is 4.39 Å². The van der Waals surface area contributed by atoms with Gasteiger partial charge in [0, 0.05) is 5.92 Å². The van der Waals surface area contributed by atoms with Gasteiger partial charge in [0.05, 0.1) is 18.7 Å². The largest absolute Gasteiger partial charge is 0.377 e. The molecule has 0 aliphatic carbocycles. The first-order valence-corrected chi connectivity index (χ1v) is 5.89. The Labute approximate surface area is 88.1 Å². The quantitative estimate of drug-likeness (QED) is 0.440. The van der Waals surface area contributed by atoms with Crippen LogP contribution in [-0.2, 0) is 13.8 Å². The molecule has 0 saturated carbocycles. The molecule has 1 aliphatic heterocycles. The molecule has 0 aromatic rings. The van der Waals surface area contributed by atoms with E-state index in [1.807, 2.05) is 0 Å². The van der Waals surface area contributed by atoms with E-state index in [1.54, 1.807) is 6.92 Å². The van der Waals surface area contributed by atoms with Gasteiger partial charge in [-0.2, -0.15) is 0 Å². The van der Waals surface area contributed by atoms with E-state index in [2.05, 4.69) is 4.52 Å². The van der Waals surface area contributed by atoms with Gasteiger partial charge in [0.15, 0.2) is 0 Å². The molecular formula is C6H12BClFO4P. The van der Waals surface area contributed by atoms with Gasteiger partial charge in [-0.15, -0.1) is 0 Å². The summed E-state index contributed by atoms with van der Waals surface area (Å²) in [7, 11) is -1.48. The number of ether oxygens (including phenoxy) is 1. The fourth-order valence-electron chi connectivity index (χ4n) is 1.43. The van der Waals surface area contributed by atoms with E-state index in [0.29, 0.717) is 0 Å². The fourth-order valence-corrected chi connectivity index (χ4v) is 1.92. The second kappa shape index (κ2) is 4.50. The number of hydrogen-bond donors (Lipinski definition) is 1. The third kappa shape index (κ3) is 2.50. The van der Waals surface area contributed by atoms with Gasteiger partial charge >= 0.3 is 8.25 Å². The lowest BCUT2D eigenvalue weighted by atomic mass is 9.89. The molecule has 8 heteroatoms. The minimum Gasteiger partial charge on any atom is -0.377 e. The third-order valence-electron chi connectivity index (χ3n) is 2.46. The molecule has 0 bridgehead atoms. The van der Waals surface area contributed by atoms with Gasteiger partial charge in [0.1, 0.15) is 7.85 Å². The molecule has 5 atom stereocenters. The highest BCUT2D eigenvalue weighted by Gasteiger charge is 2.51. The summed E-state index contributed by atoms with van der Waals surface area (Å²) in [4.78, 5) is 8.44. The Bertz CT molecular complexity index is 242. The summed E-state index contributed by atoms with van der Waals surface area (Å²) in [5.41, 5.74) is 0. The van der Waals surface area contributed by atoms with E-state index in [-0.39, 0.29) is 6.61 Å². The third-order valence-corrected chi connectivity index (χ3v) is 3.52. The molecule has 1 saturated heterocycles. The predicted octanol–water partition coefficient (Wildman–Crippen LogP) is 0.284. The van der Waals surface area contributed by atoms with Crippen LogP contribution in [0.15, 0.2) is 0 Å². The Morgan fingerprint density at radius 3 is 2.79 bits per heavy atom. The first-order valence-electron chi connectivity index (χ1n) is 4.24. The molecule has 0 radical (unpaired) electrons. The maximum Gasteiger partial charge on any atom is 0.316 e. The molecule has 14 heavy (non-hydrogen) atoms. The molecule has 1 N–H and O–H groups in total. The minimum absolute atomic E-state index is 0.113. The maximum absolute atomic E-state index is 13.6. The zero-order chi connectivity index (χ0) is 10.9. The van der Waals surface area contributed by atoms with Crippen LogP contribution in [0.1, 0.15) is 6.92 Å². The zero-order valence-electron chi connectivity index (χ0n) is 7.87. The molecule has 1 aliphatic rings. The predicted molar refractivity (Wildman–Crippen MR) is 53.2 cm³/mol. The van der Waals surface area contributed by atoms with E-state index < -0.39 is 31.4 Å². The molecule has 82 valence electrons. The monoisotopic (exact) mass is 244 g/mol. The lowest BCUT2D eigenvalue weighted by Gasteiger charge is -2.19. The highest BCUT2D eigenvalue weighted by atomic mass is 35.5. The normalized spacial score (nSPS) is 45.3. The molecule has 0 spiro atoms. The number of alkyl halides is 2. The van der Waals surface area contributed by atoms with Crippen LogP contribution in [0, 0.1) is 5.92 Å². The molecular weight excluding hydrogens is 232 g/mol. The van der Waals surface area contributed by atoms with E-state index in [9.17, 15) is 8.96 Å². The summed E-state index contributed by atoms with van der Waals surface area (Å²) in [5, 5.41) is -1.93. The van der Waals surface area contributed by atoms with E-state index in [0.717, 1.165) is 0 Å². The molecule has 0 aromatic heterocycles. The summed E-state index contributed by atoms with van der Waals surface area (Å²) >= 11 is 5.60. The van der Waals surface area contributed by atoms with Crippen molar-refractivity contribution >= 4 is 27.7 Å². The van der Waals surface area contributed by atoms with Gasteiger partial charge in [-0.3, -0.25) is 4.57 Å². The minimum atomic E-state index is -2.99. The Morgan fingerprint density at radius 1 is 1.86 bits per heavy atom. The number of rotatable bonds is 3. The van der Waals surface area contributed by atoms with Gasteiger partial charge in [-0.25, -0.2) is 4.39 Å². The van der Waals surface area contributed by atoms with Crippen molar-refractivity contribution in [3.8, 4) is 0 Å². The van der Waals surface area contributed by atoms with Crippen LogP contribution in [-0.4, -0.2) is 36.6 Å². The molecule has 1 fully saturated rings. The lowest BCUT2D eigenvalue weighted by Crippen LogP contribution is -2.33. The van der Waals surface area contributed by atoms with Crippen molar-refractivity contribution in [2.45, 2.75) is 24.2 Å². The van der Waals surface area contributed by atoms with Crippen molar-refractivity contribution < 1.29 is 23.1 Å². The smallest absolute Gasteiger partial charge is 0.316 e. The zero-order valence-corrected chi connectivity index (χ0v) is 9.62. The molecule has 1 unspecified atom stereocenters. The van der Waals surface area contributed by atoms with Crippen LogP contribution in [0.3, 0.4) is 0 Å². The summed E-state index contributed by atoms with van der Waals surface area (Å²) in [6.45, 7) is 1.47. The lowest BCUT2D eigenvalue weighted by molar-refractivity contribution is 0.0334. The Balaban J connectivity index is 2.54. The highest BCUT2D eigenvalue weighted by Crippen LogP contribution is 2.42. The summed E-state index contributed by atoms with van der Waals surface area (Å²) < 4.78 is 33.6. The van der Waals surface area contributed by atoms with Crippen LogP contribution >= 0.6 is 19.9 Å². The summed E-state index contributed by atoms with van der Waals surface area (Å²) in [6.07, 6.45) is -0.575. The molecule has 1 heterocycles. The van der Waals surface area contributed by atoms with Gasteiger partial charge in [0.25, 0.3) is 0 Å². The SMILES string of the molecule is B[C@@H]1O[C@H](CO[PH](=O)O)[C@@H](C)[C@]1(F)Cl. The van der Waals surface area contributed by atoms with Crippen molar-refractivity contribution in [2.24, 2.45) is 5.92 Å². The van der Waals surface area contributed by atoms with Gasteiger partial charge in [-0.05, 0) is 0 Å². The van der Waals surface area contributed by atoms with Gasteiger partial charge in [0.2, 0.25) is 5.13 Å². The first-order chi connectivity index (χ1) is 6.35. The fraction of sp³-hybridized carbons (Fsp3) is 1.00. The van der Waals surface area contributed by atoms with E-state index in [4.69, 9.17) is 21.2 Å². The topological polar surface area (TPSA) is 55.8 Å². The first kappa shape index (κ1) is 12.5. The molecule has 0 amide bonds. The van der Waals surface area contributed by atoms with Crippen molar-refractivity contribution in [1.82, 2.24) is 0 Å². The average Bonchev–Trinajstić information content (AvgIpc) is 2.26. The number of halogens is 2. The number of hydrogen-bond acceptors (Lipinski definition) is 3. The van der Waals surface area contributed by atoms with Gasteiger partial charge < -0.3 is 14.2 Å². The van der Waals surface area contributed by atoms with Crippen LogP contribution in [0.2, 0.25) is 0 Å². The van der Waals surface area contributed by atoms with E-state index >= 15 is 0 Å². The molecule has 0 aromatic carbocycles. The van der Waals surface area contributed by atoms with Crippen LogP contribution in [0.5, 0.6) is 0 Å². The second-order valence-electron chi connectivity index (χ2n) is 3.36. The Morgan fingerprint density at radius 2 is 2.43 bits per heavy atom. The summed E-state index contributed by atoms with van der Waals surface area (Å²) in [5.74, 6) is -0.569.